The summed E-state index contributed by atoms with van der Waals surface area (Å²) in [6.07, 6.45) is 0. The van der Waals surface area contributed by atoms with Crippen LogP contribution in [0.25, 0.3) is 0 Å². The van der Waals surface area contributed by atoms with E-state index in [-0.39, 0.29) is 18.3 Å². The molecule has 12 heavy (non-hydrogen) atoms. The second-order valence-corrected chi connectivity index (χ2v) is 3.68. The van der Waals surface area contributed by atoms with Crippen LogP contribution in [0.4, 0.5) is 0 Å². The smallest absolute Gasteiger partial charge is 0.233 e. The molecule has 0 aromatic heterocycles. The highest BCUT2D eigenvalue weighted by atomic mass is 79.9. The number of carbonyl (C=O) groups excluding carboxylic acids is 1. The van der Waals surface area contributed by atoms with Crippen LogP contribution >= 0.6 is 28.3 Å². The SMILES string of the molecule is CC(C)N(C(=O)CBr)C(C)C.Cl. The van der Waals surface area contributed by atoms with E-state index in [1.54, 1.807) is 0 Å². The summed E-state index contributed by atoms with van der Waals surface area (Å²) in [5.74, 6) is 0.162. The van der Waals surface area contributed by atoms with Crippen LogP contribution in [0.1, 0.15) is 27.7 Å². The quantitative estimate of drug-likeness (QED) is 0.712. The maximum atomic E-state index is 11.3. The third-order valence-electron chi connectivity index (χ3n) is 1.51. The summed E-state index contributed by atoms with van der Waals surface area (Å²) < 4.78 is 0. The molecule has 0 N–H and O–H groups in total. The Morgan fingerprint density at radius 1 is 1.25 bits per heavy atom. The largest absolute Gasteiger partial charge is 0.337 e. The van der Waals surface area contributed by atoms with Crippen LogP contribution in [-0.2, 0) is 4.79 Å². The second kappa shape index (κ2) is 6.72. The van der Waals surface area contributed by atoms with Gasteiger partial charge < -0.3 is 4.90 Å². The van der Waals surface area contributed by atoms with Gasteiger partial charge in [-0.25, -0.2) is 0 Å². The predicted molar refractivity (Wildman–Crippen MR) is 58.2 cm³/mol. The van der Waals surface area contributed by atoms with Gasteiger partial charge in [-0.2, -0.15) is 0 Å². The van der Waals surface area contributed by atoms with Crippen LogP contribution in [0.15, 0.2) is 0 Å². The molecule has 0 aromatic carbocycles. The topological polar surface area (TPSA) is 20.3 Å². The van der Waals surface area contributed by atoms with Gasteiger partial charge in [0, 0.05) is 12.1 Å². The first-order valence-electron chi connectivity index (χ1n) is 3.87. The van der Waals surface area contributed by atoms with Gasteiger partial charge in [0.25, 0.3) is 0 Å². The molecule has 0 saturated heterocycles. The van der Waals surface area contributed by atoms with Crippen molar-refractivity contribution >= 4 is 34.2 Å². The van der Waals surface area contributed by atoms with Crippen LogP contribution in [0.2, 0.25) is 0 Å². The summed E-state index contributed by atoms with van der Waals surface area (Å²) in [5, 5.41) is 0.420. The number of halogens is 2. The van der Waals surface area contributed by atoms with Gasteiger partial charge in [-0.15, -0.1) is 12.4 Å². The molecule has 0 saturated carbocycles. The zero-order chi connectivity index (χ0) is 9.02. The highest BCUT2D eigenvalue weighted by molar-refractivity contribution is 9.09. The first kappa shape index (κ1) is 14.7. The van der Waals surface area contributed by atoms with E-state index in [0.29, 0.717) is 17.4 Å². The second-order valence-electron chi connectivity index (χ2n) is 3.12. The van der Waals surface area contributed by atoms with E-state index >= 15 is 0 Å². The minimum Gasteiger partial charge on any atom is -0.337 e. The summed E-state index contributed by atoms with van der Waals surface area (Å²) >= 11 is 3.16. The molecule has 0 rings (SSSR count). The lowest BCUT2D eigenvalue weighted by Crippen LogP contribution is -2.42. The molecule has 0 spiro atoms. The van der Waals surface area contributed by atoms with Gasteiger partial charge in [-0.1, -0.05) is 15.9 Å². The Bertz CT molecular complexity index is 131. The van der Waals surface area contributed by atoms with E-state index in [0.717, 1.165) is 0 Å². The van der Waals surface area contributed by atoms with E-state index in [1.807, 2.05) is 32.6 Å². The van der Waals surface area contributed by atoms with Crippen LogP contribution in [-0.4, -0.2) is 28.2 Å². The van der Waals surface area contributed by atoms with E-state index in [2.05, 4.69) is 15.9 Å². The summed E-state index contributed by atoms with van der Waals surface area (Å²) in [7, 11) is 0. The third-order valence-corrected chi connectivity index (χ3v) is 1.99. The minimum absolute atomic E-state index is 0. The molecule has 4 heteroatoms. The third kappa shape index (κ3) is 4.31. The maximum absolute atomic E-state index is 11.3. The number of nitrogens with zero attached hydrogens (tertiary/aromatic N) is 1. The average Bonchev–Trinajstić information content (AvgIpc) is 1.85. The number of carbonyl (C=O) groups is 1. The Morgan fingerprint density at radius 2 is 1.58 bits per heavy atom. The molecule has 0 aromatic rings. The lowest BCUT2D eigenvalue weighted by atomic mass is 10.2. The van der Waals surface area contributed by atoms with E-state index < -0.39 is 0 Å². The fraction of sp³-hybridized carbons (Fsp3) is 0.875. The summed E-state index contributed by atoms with van der Waals surface area (Å²) in [6, 6.07) is 0.583. The van der Waals surface area contributed by atoms with Crippen molar-refractivity contribution in [2.75, 3.05) is 5.33 Å². The first-order valence-corrected chi connectivity index (χ1v) is 5.00. The van der Waals surface area contributed by atoms with Gasteiger partial charge in [0.2, 0.25) is 5.91 Å². The Balaban J connectivity index is 0. The Hall–Kier alpha value is 0.240. The van der Waals surface area contributed by atoms with Crippen molar-refractivity contribution in [2.24, 2.45) is 0 Å². The van der Waals surface area contributed by atoms with Crippen molar-refractivity contribution < 1.29 is 4.79 Å². The summed E-state index contributed by atoms with van der Waals surface area (Å²) in [4.78, 5) is 13.1. The molecule has 0 bridgehead atoms. The zero-order valence-electron chi connectivity index (χ0n) is 8.00. The fourth-order valence-corrected chi connectivity index (χ4v) is 1.53. The van der Waals surface area contributed by atoms with Gasteiger partial charge in [0.15, 0.2) is 0 Å². The molecule has 0 atom stereocenters. The first-order chi connectivity index (χ1) is 5.00. The van der Waals surface area contributed by atoms with Crippen LogP contribution < -0.4 is 0 Å². The van der Waals surface area contributed by atoms with E-state index in [9.17, 15) is 4.79 Å². The molecule has 0 heterocycles. The molecule has 0 fully saturated rings. The Morgan fingerprint density at radius 3 is 1.67 bits per heavy atom. The lowest BCUT2D eigenvalue weighted by Gasteiger charge is -2.30. The number of hydrogen-bond acceptors (Lipinski definition) is 1. The molecule has 0 radical (unpaired) electrons. The molecule has 0 aliphatic rings. The number of amides is 1. The number of hydrogen-bond donors (Lipinski definition) is 0. The van der Waals surface area contributed by atoms with Crippen molar-refractivity contribution in [3.8, 4) is 0 Å². The fourth-order valence-electron chi connectivity index (χ4n) is 1.24. The number of rotatable bonds is 3. The van der Waals surface area contributed by atoms with Crippen molar-refractivity contribution in [3.63, 3.8) is 0 Å². The summed E-state index contributed by atoms with van der Waals surface area (Å²) in [6.45, 7) is 8.11. The lowest BCUT2D eigenvalue weighted by molar-refractivity contribution is -0.131. The number of alkyl halides is 1. The average molecular weight is 259 g/mol. The predicted octanol–water partition coefficient (Wildman–Crippen LogP) is 2.45. The van der Waals surface area contributed by atoms with Crippen LogP contribution in [0, 0.1) is 0 Å². The van der Waals surface area contributed by atoms with Gasteiger partial charge >= 0.3 is 0 Å². The molecule has 0 aliphatic heterocycles. The maximum Gasteiger partial charge on any atom is 0.233 e. The molecule has 1 amide bonds. The Labute approximate surface area is 89.2 Å². The van der Waals surface area contributed by atoms with Gasteiger partial charge in [0.05, 0.1) is 5.33 Å². The van der Waals surface area contributed by atoms with Gasteiger partial charge in [0.1, 0.15) is 0 Å². The Kier molecular flexibility index (Phi) is 8.26. The molecule has 2 nitrogen and oxygen atoms in total. The van der Waals surface area contributed by atoms with Crippen molar-refractivity contribution in [1.29, 1.82) is 0 Å². The molecular formula is C8H17BrClNO. The van der Waals surface area contributed by atoms with Crippen molar-refractivity contribution in [2.45, 2.75) is 39.8 Å². The molecular weight excluding hydrogens is 241 g/mol. The monoisotopic (exact) mass is 257 g/mol. The van der Waals surface area contributed by atoms with E-state index in [4.69, 9.17) is 0 Å². The van der Waals surface area contributed by atoms with Gasteiger partial charge in [-0.3, -0.25) is 4.79 Å². The molecule has 0 aliphatic carbocycles. The van der Waals surface area contributed by atoms with E-state index in [1.165, 1.54) is 0 Å². The van der Waals surface area contributed by atoms with Crippen LogP contribution in [0.5, 0.6) is 0 Å². The zero-order valence-corrected chi connectivity index (χ0v) is 10.4. The highest BCUT2D eigenvalue weighted by Crippen LogP contribution is 2.06. The normalized spacial score (nSPS) is 9.92. The molecule has 0 unspecified atom stereocenters. The minimum atomic E-state index is 0. The highest BCUT2D eigenvalue weighted by Gasteiger charge is 2.17. The van der Waals surface area contributed by atoms with Gasteiger partial charge in [-0.05, 0) is 27.7 Å². The molecule has 74 valence electrons. The van der Waals surface area contributed by atoms with Crippen molar-refractivity contribution in [3.05, 3.63) is 0 Å². The van der Waals surface area contributed by atoms with Crippen molar-refractivity contribution in [1.82, 2.24) is 4.90 Å². The standard InChI is InChI=1S/C8H16BrNO.ClH/c1-6(2)10(7(3)4)8(11)5-9;/h6-7H,5H2,1-4H3;1H. The van der Waals surface area contributed by atoms with Crippen LogP contribution in [0.3, 0.4) is 0 Å². The summed E-state index contributed by atoms with van der Waals surface area (Å²) in [5.41, 5.74) is 0.